The summed E-state index contributed by atoms with van der Waals surface area (Å²) in [4.78, 5) is 15.3. The maximum absolute atomic E-state index is 12.3. The molecule has 0 fully saturated rings. The van der Waals surface area contributed by atoms with Crippen LogP contribution in [-0.4, -0.2) is 73.6 Å². The zero-order chi connectivity index (χ0) is 24.0. The Kier molecular flexibility index (Phi) is 6.01. The molecule has 33 heavy (non-hydrogen) atoms. The summed E-state index contributed by atoms with van der Waals surface area (Å²) in [6.07, 6.45) is 0. The number of benzene rings is 2. The number of fused-ring (bicyclic) bond motifs is 2. The van der Waals surface area contributed by atoms with Gasteiger partial charge in [0, 0.05) is 28.2 Å². The van der Waals surface area contributed by atoms with Gasteiger partial charge in [-0.2, -0.15) is 0 Å². The Bertz CT molecular complexity index is 1420. The highest BCUT2D eigenvalue weighted by Gasteiger charge is 2.19. The highest BCUT2D eigenvalue weighted by Crippen LogP contribution is 2.21. The van der Waals surface area contributed by atoms with E-state index < -0.39 is 20.0 Å². The van der Waals surface area contributed by atoms with E-state index in [1.165, 1.54) is 40.3 Å². The number of ether oxygens (including phenoxy) is 1. The van der Waals surface area contributed by atoms with Crippen LogP contribution in [0.1, 0.15) is 11.6 Å². The van der Waals surface area contributed by atoms with E-state index >= 15 is 0 Å². The summed E-state index contributed by atoms with van der Waals surface area (Å²) in [7, 11) is -1.17. The summed E-state index contributed by atoms with van der Waals surface area (Å²) in [5, 5.41) is 0. The van der Waals surface area contributed by atoms with Gasteiger partial charge >= 0.3 is 0 Å². The molecule has 0 aliphatic heterocycles. The van der Waals surface area contributed by atoms with Crippen LogP contribution in [-0.2, 0) is 38.0 Å². The average molecular weight is 493 g/mol. The standard InChI is InChI=1S/C20H24N6O5S2/c1-25(2)32(27,28)13-5-7-15-17(9-13)23-19(21-15)11-31-12-20-22-16-8-6-14(10-18(16)24-20)33(29,30)26(3)4/h5-10H,11-12H2,1-4H3,(H,21,23)(H,22,24). The molecule has 2 aromatic heterocycles. The van der Waals surface area contributed by atoms with E-state index in [1.807, 2.05) is 0 Å². The van der Waals surface area contributed by atoms with Crippen LogP contribution < -0.4 is 0 Å². The predicted octanol–water partition coefficient (Wildman–Crippen LogP) is 1.66. The minimum Gasteiger partial charge on any atom is -0.366 e. The van der Waals surface area contributed by atoms with Crippen molar-refractivity contribution in [3.05, 3.63) is 48.0 Å². The highest BCUT2D eigenvalue weighted by atomic mass is 32.2. The van der Waals surface area contributed by atoms with Gasteiger partial charge in [-0.3, -0.25) is 0 Å². The molecule has 0 spiro atoms. The summed E-state index contributed by atoms with van der Waals surface area (Å²) >= 11 is 0. The summed E-state index contributed by atoms with van der Waals surface area (Å²) in [5.74, 6) is 1.08. The van der Waals surface area contributed by atoms with Gasteiger partial charge in [-0.15, -0.1) is 0 Å². The first kappa shape index (κ1) is 23.3. The maximum Gasteiger partial charge on any atom is 0.242 e. The van der Waals surface area contributed by atoms with Gasteiger partial charge < -0.3 is 14.7 Å². The minimum absolute atomic E-state index is 0.155. The number of nitrogens with one attached hydrogen (secondary N) is 2. The van der Waals surface area contributed by atoms with Crippen LogP contribution in [0, 0.1) is 0 Å². The molecule has 0 atom stereocenters. The van der Waals surface area contributed by atoms with Crippen molar-refractivity contribution in [1.29, 1.82) is 0 Å². The lowest BCUT2D eigenvalue weighted by molar-refractivity contribution is 0.0979. The normalized spacial score (nSPS) is 13.0. The molecule has 2 heterocycles. The van der Waals surface area contributed by atoms with Gasteiger partial charge in [0.25, 0.3) is 0 Å². The van der Waals surface area contributed by atoms with Gasteiger partial charge in [0.05, 0.1) is 31.9 Å². The Balaban J connectivity index is 1.47. The molecule has 11 nitrogen and oxygen atoms in total. The molecule has 0 aliphatic rings. The molecule has 0 amide bonds. The second-order valence-electron chi connectivity index (χ2n) is 7.79. The van der Waals surface area contributed by atoms with Gasteiger partial charge in [-0.05, 0) is 36.4 Å². The number of rotatable bonds is 8. The number of hydrogen-bond acceptors (Lipinski definition) is 7. The molecule has 176 valence electrons. The zero-order valence-corrected chi connectivity index (χ0v) is 20.2. The van der Waals surface area contributed by atoms with Gasteiger partial charge in [0.2, 0.25) is 20.0 Å². The SMILES string of the molecule is CN(C)S(=O)(=O)c1ccc2nc(COCc3nc4ccc(S(=O)(=O)N(C)C)cc4[nH]3)[nH]c2c1. The van der Waals surface area contributed by atoms with Gasteiger partial charge in [-0.25, -0.2) is 35.4 Å². The zero-order valence-electron chi connectivity index (χ0n) is 18.5. The largest absolute Gasteiger partial charge is 0.366 e. The van der Waals surface area contributed by atoms with E-state index in [0.29, 0.717) is 33.7 Å². The lowest BCUT2D eigenvalue weighted by Crippen LogP contribution is -2.22. The van der Waals surface area contributed by atoms with Crippen LogP contribution >= 0.6 is 0 Å². The third kappa shape index (κ3) is 4.50. The van der Waals surface area contributed by atoms with Crippen molar-refractivity contribution in [2.24, 2.45) is 0 Å². The van der Waals surface area contributed by atoms with Crippen LogP contribution in [0.25, 0.3) is 22.1 Å². The second-order valence-corrected chi connectivity index (χ2v) is 12.1. The van der Waals surface area contributed by atoms with E-state index in [4.69, 9.17) is 4.74 Å². The lowest BCUT2D eigenvalue weighted by atomic mass is 10.3. The Morgan fingerprint density at radius 2 is 1.12 bits per heavy atom. The molecular weight excluding hydrogens is 468 g/mol. The fourth-order valence-corrected chi connectivity index (χ4v) is 5.06. The van der Waals surface area contributed by atoms with Crippen molar-refractivity contribution in [3.8, 4) is 0 Å². The predicted molar refractivity (Wildman–Crippen MR) is 122 cm³/mol. The summed E-state index contributed by atoms with van der Waals surface area (Å²) < 4.78 is 57.3. The highest BCUT2D eigenvalue weighted by molar-refractivity contribution is 7.89. The molecule has 4 rings (SSSR count). The molecule has 0 bridgehead atoms. The lowest BCUT2D eigenvalue weighted by Gasteiger charge is -2.10. The number of H-pyrrole nitrogens is 2. The third-order valence-corrected chi connectivity index (χ3v) is 8.66. The molecule has 0 aliphatic carbocycles. The van der Waals surface area contributed by atoms with Crippen LogP contribution in [0.5, 0.6) is 0 Å². The van der Waals surface area contributed by atoms with Gasteiger partial charge in [0.15, 0.2) is 0 Å². The van der Waals surface area contributed by atoms with Crippen molar-refractivity contribution < 1.29 is 21.6 Å². The van der Waals surface area contributed by atoms with E-state index in [0.717, 1.165) is 8.61 Å². The first-order chi connectivity index (χ1) is 15.5. The van der Waals surface area contributed by atoms with Crippen LogP contribution in [0.2, 0.25) is 0 Å². The quantitative estimate of drug-likeness (QED) is 0.381. The summed E-state index contributed by atoms with van der Waals surface area (Å²) in [6, 6.07) is 9.40. The van der Waals surface area contributed by atoms with Gasteiger partial charge in [0.1, 0.15) is 24.9 Å². The van der Waals surface area contributed by atoms with E-state index in [9.17, 15) is 16.8 Å². The number of aromatic amines is 2. The first-order valence-corrected chi connectivity index (χ1v) is 12.8. The molecule has 0 saturated heterocycles. The Hall–Kier alpha value is -2.84. The fraction of sp³-hybridized carbons (Fsp3) is 0.300. The van der Waals surface area contributed by atoms with Crippen molar-refractivity contribution in [2.75, 3.05) is 28.2 Å². The third-order valence-electron chi connectivity index (χ3n) is 5.04. The molecule has 2 N–H and O–H groups in total. The molecule has 4 aromatic rings. The number of sulfonamides is 2. The number of hydrogen-bond donors (Lipinski definition) is 2. The molecule has 0 saturated carbocycles. The minimum atomic E-state index is -3.54. The van der Waals surface area contributed by atoms with Crippen molar-refractivity contribution in [2.45, 2.75) is 23.0 Å². The smallest absolute Gasteiger partial charge is 0.242 e. The Labute approximate surface area is 191 Å². The number of aromatic nitrogens is 4. The number of nitrogens with zero attached hydrogens (tertiary/aromatic N) is 4. The molecule has 0 radical (unpaired) electrons. The van der Waals surface area contributed by atoms with E-state index in [-0.39, 0.29) is 23.0 Å². The van der Waals surface area contributed by atoms with Crippen LogP contribution in [0.15, 0.2) is 46.2 Å². The molecular formula is C20H24N6O5S2. The summed E-state index contributed by atoms with van der Waals surface area (Å²) in [5.41, 5.74) is 2.44. The van der Waals surface area contributed by atoms with Crippen molar-refractivity contribution in [3.63, 3.8) is 0 Å². The topological polar surface area (TPSA) is 141 Å². The fourth-order valence-electron chi connectivity index (χ4n) is 3.21. The molecule has 2 aromatic carbocycles. The second kappa shape index (κ2) is 8.50. The Morgan fingerprint density at radius 1 is 0.727 bits per heavy atom. The first-order valence-electron chi connectivity index (χ1n) is 9.88. The van der Waals surface area contributed by atoms with Crippen LogP contribution in [0.3, 0.4) is 0 Å². The van der Waals surface area contributed by atoms with Crippen molar-refractivity contribution in [1.82, 2.24) is 28.5 Å². The van der Waals surface area contributed by atoms with Crippen LogP contribution in [0.4, 0.5) is 0 Å². The monoisotopic (exact) mass is 492 g/mol. The summed E-state index contributed by atoms with van der Waals surface area (Å²) in [6.45, 7) is 0.309. The van der Waals surface area contributed by atoms with E-state index in [1.54, 1.807) is 24.3 Å². The van der Waals surface area contributed by atoms with Crippen molar-refractivity contribution >= 4 is 42.1 Å². The van der Waals surface area contributed by atoms with Gasteiger partial charge in [-0.1, -0.05) is 0 Å². The maximum atomic E-state index is 12.3. The number of imidazole rings is 2. The molecule has 13 heteroatoms. The average Bonchev–Trinajstić information content (AvgIpc) is 3.35. The van der Waals surface area contributed by atoms with E-state index in [2.05, 4.69) is 19.9 Å². The molecule has 0 unspecified atom stereocenters. The Morgan fingerprint density at radius 3 is 1.48 bits per heavy atom.